The second kappa shape index (κ2) is 9.27. The molecule has 0 bridgehead atoms. The van der Waals surface area contributed by atoms with E-state index in [0.717, 1.165) is 22.0 Å². The van der Waals surface area contributed by atoms with E-state index in [1.165, 1.54) is 31.0 Å². The van der Waals surface area contributed by atoms with Crippen molar-refractivity contribution in [3.8, 4) is 6.07 Å². The van der Waals surface area contributed by atoms with Gasteiger partial charge in [-0.2, -0.15) is 5.26 Å². The standard InChI is InChI=1S/C17H19ClN2OS2/c1-2-3-4-7-10-22-17-13(11-19)15(21)20-16(23-17)12-8-5-6-9-14(12)18/h5-6,8-9,16H,2-4,7,10H2,1H3,(H,20,21). The molecule has 0 spiro atoms. The Morgan fingerprint density at radius 1 is 1.35 bits per heavy atom. The Kier molecular flexibility index (Phi) is 7.35. The smallest absolute Gasteiger partial charge is 0.264 e. The van der Waals surface area contributed by atoms with Gasteiger partial charge in [0.1, 0.15) is 17.0 Å². The second-order valence-corrected chi connectivity index (χ2v) is 8.06. The van der Waals surface area contributed by atoms with Gasteiger partial charge < -0.3 is 5.32 Å². The van der Waals surface area contributed by atoms with Gasteiger partial charge in [-0.05, 0) is 18.2 Å². The van der Waals surface area contributed by atoms with Crippen LogP contribution in [0.3, 0.4) is 0 Å². The summed E-state index contributed by atoms with van der Waals surface area (Å²) in [6.07, 6.45) is 4.70. The first-order valence-corrected chi connectivity index (χ1v) is 9.90. The SMILES string of the molecule is CCCCCCSC1=C(C#N)C(=O)NC(c2ccccc2Cl)S1. The molecule has 0 aliphatic carbocycles. The number of nitrogens with one attached hydrogen (secondary N) is 1. The average molecular weight is 367 g/mol. The van der Waals surface area contributed by atoms with Gasteiger partial charge in [-0.15, -0.1) is 11.8 Å². The lowest BCUT2D eigenvalue weighted by Crippen LogP contribution is -2.31. The lowest BCUT2D eigenvalue weighted by molar-refractivity contribution is -0.117. The Balaban J connectivity index is 2.09. The molecule has 23 heavy (non-hydrogen) atoms. The summed E-state index contributed by atoms with van der Waals surface area (Å²) < 4.78 is 0.803. The van der Waals surface area contributed by atoms with E-state index in [1.54, 1.807) is 11.8 Å². The third-order valence-electron chi connectivity index (χ3n) is 3.45. The van der Waals surface area contributed by atoms with Gasteiger partial charge in [-0.3, -0.25) is 4.79 Å². The molecule has 0 fully saturated rings. The highest BCUT2D eigenvalue weighted by atomic mass is 35.5. The highest BCUT2D eigenvalue weighted by molar-refractivity contribution is 8.22. The van der Waals surface area contributed by atoms with Crippen LogP contribution in [-0.4, -0.2) is 11.7 Å². The number of nitriles is 1. The van der Waals surface area contributed by atoms with Crippen LogP contribution < -0.4 is 5.32 Å². The molecule has 3 nitrogen and oxygen atoms in total. The number of hydrogen-bond donors (Lipinski definition) is 1. The summed E-state index contributed by atoms with van der Waals surface area (Å²) in [7, 11) is 0. The van der Waals surface area contributed by atoms with Crippen molar-refractivity contribution in [2.24, 2.45) is 0 Å². The molecule has 1 N–H and O–H groups in total. The molecule has 1 atom stereocenters. The van der Waals surface area contributed by atoms with Crippen molar-refractivity contribution < 1.29 is 4.79 Å². The fraction of sp³-hybridized carbons (Fsp3) is 0.412. The van der Waals surface area contributed by atoms with Gasteiger partial charge in [0.15, 0.2) is 0 Å². The van der Waals surface area contributed by atoms with E-state index in [-0.39, 0.29) is 16.9 Å². The van der Waals surface area contributed by atoms with Crippen LogP contribution in [0.5, 0.6) is 0 Å². The number of nitrogens with zero attached hydrogens (tertiary/aromatic N) is 1. The van der Waals surface area contributed by atoms with Gasteiger partial charge in [0.25, 0.3) is 5.91 Å². The van der Waals surface area contributed by atoms with E-state index in [2.05, 4.69) is 12.2 Å². The Bertz CT molecular complexity index is 640. The minimum Gasteiger partial charge on any atom is -0.335 e. The van der Waals surface area contributed by atoms with E-state index in [4.69, 9.17) is 11.6 Å². The molecular weight excluding hydrogens is 348 g/mol. The number of unbranched alkanes of at least 4 members (excludes halogenated alkanes) is 3. The van der Waals surface area contributed by atoms with E-state index in [1.807, 2.05) is 30.3 Å². The van der Waals surface area contributed by atoms with Crippen LogP contribution in [0.15, 0.2) is 34.1 Å². The van der Waals surface area contributed by atoms with Crippen molar-refractivity contribution in [1.82, 2.24) is 5.32 Å². The topological polar surface area (TPSA) is 52.9 Å². The summed E-state index contributed by atoms with van der Waals surface area (Å²) in [6, 6.07) is 9.51. The number of hydrogen-bond acceptors (Lipinski definition) is 4. The first-order chi connectivity index (χ1) is 11.2. The van der Waals surface area contributed by atoms with Crippen LogP contribution >= 0.6 is 35.1 Å². The molecule has 2 rings (SSSR count). The maximum absolute atomic E-state index is 12.2. The van der Waals surface area contributed by atoms with Crippen LogP contribution in [0, 0.1) is 11.3 Å². The van der Waals surface area contributed by atoms with E-state index in [9.17, 15) is 10.1 Å². The number of carbonyl (C=O) groups is 1. The number of rotatable bonds is 7. The maximum atomic E-state index is 12.2. The summed E-state index contributed by atoms with van der Waals surface area (Å²) in [5, 5.41) is 12.5. The van der Waals surface area contributed by atoms with Gasteiger partial charge in [-0.25, -0.2) is 0 Å². The average Bonchev–Trinajstić information content (AvgIpc) is 2.54. The summed E-state index contributed by atoms with van der Waals surface area (Å²) in [4.78, 5) is 12.2. The minimum absolute atomic E-state index is 0.221. The molecular formula is C17H19ClN2OS2. The van der Waals surface area contributed by atoms with Gasteiger partial charge in [0.05, 0.1) is 4.24 Å². The van der Waals surface area contributed by atoms with Crippen molar-refractivity contribution in [2.45, 2.75) is 38.0 Å². The summed E-state index contributed by atoms with van der Waals surface area (Å²) in [6.45, 7) is 2.18. The highest BCUT2D eigenvalue weighted by Crippen LogP contribution is 2.45. The van der Waals surface area contributed by atoms with E-state index in [0.29, 0.717) is 5.02 Å². The van der Waals surface area contributed by atoms with Crippen LogP contribution in [0.1, 0.15) is 43.5 Å². The van der Waals surface area contributed by atoms with Crippen LogP contribution in [0.25, 0.3) is 0 Å². The molecule has 1 heterocycles. The first-order valence-electron chi connectivity index (χ1n) is 7.66. The first kappa shape index (κ1) is 18.3. The third-order valence-corrected chi connectivity index (χ3v) is 6.42. The molecule has 6 heteroatoms. The number of benzene rings is 1. The Morgan fingerprint density at radius 2 is 2.13 bits per heavy atom. The molecule has 0 saturated carbocycles. The summed E-state index contributed by atoms with van der Waals surface area (Å²) >= 11 is 9.34. The Morgan fingerprint density at radius 3 is 2.83 bits per heavy atom. The Labute approximate surface area is 150 Å². The fourth-order valence-electron chi connectivity index (χ4n) is 2.20. The van der Waals surface area contributed by atoms with Gasteiger partial charge >= 0.3 is 0 Å². The molecule has 0 aromatic heterocycles. The predicted molar refractivity (Wildman–Crippen MR) is 99.2 cm³/mol. The lowest BCUT2D eigenvalue weighted by Gasteiger charge is -2.25. The quantitative estimate of drug-likeness (QED) is 0.669. The normalized spacial score (nSPS) is 17.8. The van der Waals surface area contributed by atoms with Gasteiger partial charge in [0, 0.05) is 10.6 Å². The molecule has 0 radical (unpaired) electrons. The fourth-order valence-corrected chi connectivity index (χ4v) is 5.11. The summed E-state index contributed by atoms with van der Waals surface area (Å²) in [5.74, 6) is 0.614. The van der Waals surface area contributed by atoms with Crippen molar-refractivity contribution in [3.63, 3.8) is 0 Å². The zero-order chi connectivity index (χ0) is 16.7. The van der Waals surface area contributed by atoms with Crippen molar-refractivity contribution >= 4 is 41.0 Å². The van der Waals surface area contributed by atoms with Gasteiger partial charge in [-0.1, -0.05) is 67.7 Å². The highest BCUT2D eigenvalue weighted by Gasteiger charge is 2.29. The number of amides is 1. The van der Waals surface area contributed by atoms with E-state index >= 15 is 0 Å². The second-order valence-electron chi connectivity index (χ2n) is 5.18. The molecule has 1 amide bonds. The largest absolute Gasteiger partial charge is 0.335 e. The van der Waals surface area contributed by atoms with E-state index < -0.39 is 0 Å². The van der Waals surface area contributed by atoms with Crippen LogP contribution in [0.4, 0.5) is 0 Å². The summed E-state index contributed by atoms with van der Waals surface area (Å²) in [5.41, 5.74) is 1.09. The number of thioether (sulfide) groups is 2. The van der Waals surface area contributed by atoms with Crippen LogP contribution in [-0.2, 0) is 4.79 Å². The molecule has 1 aromatic rings. The molecule has 1 aliphatic heterocycles. The molecule has 1 aromatic carbocycles. The molecule has 0 saturated heterocycles. The monoisotopic (exact) mass is 366 g/mol. The van der Waals surface area contributed by atoms with Crippen LogP contribution in [0.2, 0.25) is 5.02 Å². The third kappa shape index (κ3) is 4.94. The number of halogens is 1. The van der Waals surface area contributed by atoms with Crippen molar-refractivity contribution in [2.75, 3.05) is 5.75 Å². The van der Waals surface area contributed by atoms with Crippen molar-refractivity contribution in [1.29, 1.82) is 5.26 Å². The molecule has 1 aliphatic rings. The predicted octanol–water partition coefficient (Wildman–Crippen LogP) is 5.25. The van der Waals surface area contributed by atoms with Gasteiger partial charge in [0.2, 0.25) is 0 Å². The zero-order valence-electron chi connectivity index (χ0n) is 13.0. The maximum Gasteiger partial charge on any atom is 0.264 e. The Hall–Kier alpha value is -1.09. The lowest BCUT2D eigenvalue weighted by atomic mass is 10.2. The zero-order valence-corrected chi connectivity index (χ0v) is 15.4. The molecule has 122 valence electrons. The van der Waals surface area contributed by atoms with Crippen molar-refractivity contribution in [3.05, 3.63) is 44.7 Å². The molecule has 1 unspecified atom stereocenters. The minimum atomic E-state index is -0.313. The number of carbonyl (C=O) groups excluding carboxylic acids is 1.